The molecule has 1 fully saturated rings. The molecule has 0 radical (unpaired) electrons. The fraction of sp³-hybridized carbons (Fsp3) is 0.500. The normalized spacial score (nSPS) is 23.7. The zero-order chi connectivity index (χ0) is 11.5. The maximum atomic E-state index is 6.10. The molecule has 1 saturated carbocycles. The minimum atomic E-state index is 0.391. The van der Waals surface area contributed by atoms with Crippen LogP contribution in [-0.4, -0.2) is 26.4 Å². The lowest BCUT2D eigenvalue weighted by molar-refractivity contribution is 0.0329. The van der Waals surface area contributed by atoms with Crippen molar-refractivity contribution >= 4 is 17.3 Å². The third-order valence-electron chi connectivity index (χ3n) is 2.96. The van der Waals surface area contributed by atoms with Crippen molar-refractivity contribution in [3.63, 3.8) is 0 Å². The first-order chi connectivity index (χ1) is 7.72. The van der Waals surface area contributed by atoms with Gasteiger partial charge in [0.2, 0.25) is 0 Å². The average molecular weight is 242 g/mol. The van der Waals surface area contributed by atoms with Crippen LogP contribution in [0.4, 0.5) is 5.69 Å². The first-order valence-corrected chi connectivity index (χ1v) is 5.73. The van der Waals surface area contributed by atoms with E-state index in [-0.39, 0.29) is 0 Å². The fourth-order valence-corrected chi connectivity index (χ4v) is 2.01. The van der Waals surface area contributed by atoms with E-state index in [0.29, 0.717) is 12.1 Å². The lowest BCUT2D eigenvalue weighted by Crippen LogP contribution is -2.40. The molecule has 0 spiro atoms. The van der Waals surface area contributed by atoms with Crippen LogP contribution >= 0.6 is 11.6 Å². The van der Waals surface area contributed by atoms with Gasteiger partial charge in [0.25, 0.3) is 0 Å². The topological polar surface area (TPSA) is 30.5 Å². The van der Waals surface area contributed by atoms with Crippen molar-refractivity contribution in [2.24, 2.45) is 0 Å². The van der Waals surface area contributed by atoms with Gasteiger partial charge in [-0.25, -0.2) is 0 Å². The summed E-state index contributed by atoms with van der Waals surface area (Å²) in [6.45, 7) is 0. The lowest BCUT2D eigenvalue weighted by Gasteiger charge is -2.35. The Labute approximate surface area is 101 Å². The van der Waals surface area contributed by atoms with Gasteiger partial charge in [-0.1, -0.05) is 11.6 Å². The quantitative estimate of drug-likeness (QED) is 0.879. The summed E-state index contributed by atoms with van der Waals surface area (Å²) < 4.78 is 10.4. The van der Waals surface area contributed by atoms with Gasteiger partial charge in [-0.05, 0) is 25.0 Å². The van der Waals surface area contributed by atoms with Crippen LogP contribution in [0, 0.1) is 0 Å². The van der Waals surface area contributed by atoms with E-state index in [2.05, 4.69) is 5.32 Å². The molecule has 0 aliphatic heterocycles. The molecular formula is C12H16ClNO2. The lowest BCUT2D eigenvalue weighted by atomic mass is 9.89. The smallest absolute Gasteiger partial charge is 0.121 e. The molecule has 0 bridgehead atoms. The molecule has 0 atom stereocenters. The molecule has 0 unspecified atom stereocenters. The summed E-state index contributed by atoms with van der Waals surface area (Å²) in [5, 5.41) is 4.12. The zero-order valence-corrected chi connectivity index (χ0v) is 10.3. The molecular weight excluding hydrogens is 226 g/mol. The molecule has 0 aromatic heterocycles. The van der Waals surface area contributed by atoms with E-state index in [4.69, 9.17) is 21.1 Å². The first kappa shape index (κ1) is 11.6. The number of methoxy groups -OCH3 is 2. The average Bonchev–Trinajstić information content (AvgIpc) is 2.25. The minimum Gasteiger partial charge on any atom is -0.497 e. The van der Waals surface area contributed by atoms with Crippen molar-refractivity contribution in [2.45, 2.75) is 25.0 Å². The Bertz CT molecular complexity index is 364. The molecule has 4 heteroatoms. The molecule has 0 amide bonds. The number of hydrogen-bond donors (Lipinski definition) is 1. The Balaban J connectivity index is 1.98. The van der Waals surface area contributed by atoms with Crippen molar-refractivity contribution < 1.29 is 9.47 Å². The van der Waals surface area contributed by atoms with Crippen molar-refractivity contribution in [1.82, 2.24) is 0 Å². The number of nitrogens with one attached hydrogen (secondary N) is 1. The zero-order valence-electron chi connectivity index (χ0n) is 9.50. The van der Waals surface area contributed by atoms with Gasteiger partial charge in [-0.15, -0.1) is 0 Å². The van der Waals surface area contributed by atoms with E-state index in [1.165, 1.54) is 0 Å². The Morgan fingerprint density at radius 3 is 2.69 bits per heavy atom. The first-order valence-electron chi connectivity index (χ1n) is 5.36. The van der Waals surface area contributed by atoms with E-state index in [1.807, 2.05) is 18.2 Å². The number of hydrogen-bond acceptors (Lipinski definition) is 3. The maximum absolute atomic E-state index is 6.10. The summed E-state index contributed by atoms with van der Waals surface area (Å²) in [4.78, 5) is 0. The predicted octanol–water partition coefficient (Wildman–Crippen LogP) is 2.94. The van der Waals surface area contributed by atoms with Gasteiger partial charge >= 0.3 is 0 Å². The van der Waals surface area contributed by atoms with Crippen LogP contribution in [0.25, 0.3) is 0 Å². The van der Waals surface area contributed by atoms with Crippen LogP contribution in [0.2, 0.25) is 5.02 Å². The molecule has 1 aliphatic rings. The van der Waals surface area contributed by atoms with Crippen molar-refractivity contribution in [2.75, 3.05) is 19.5 Å². The van der Waals surface area contributed by atoms with Crippen LogP contribution in [0.5, 0.6) is 5.75 Å². The van der Waals surface area contributed by atoms with Gasteiger partial charge in [0.05, 0.1) is 23.9 Å². The van der Waals surface area contributed by atoms with Crippen LogP contribution in [0.3, 0.4) is 0 Å². The van der Waals surface area contributed by atoms with Crippen molar-refractivity contribution in [3.8, 4) is 5.75 Å². The van der Waals surface area contributed by atoms with Crippen molar-refractivity contribution in [3.05, 3.63) is 23.2 Å². The minimum absolute atomic E-state index is 0.391. The molecule has 0 saturated heterocycles. The van der Waals surface area contributed by atoms with Gasteiger partial charge in [-0.2, -0.15) is 0 Å². The number of anilines is 1. The third-order valence-corrected chi connectivity index (χ3v) is 3.29. The molecule has 0 heterocycles. The van der Waals surface area contributed by atoms with Gasteiger partial charge < -0.3 is 14.8 Å². The summed E-state index contributed by atoms with van der Waals surface area (Å²) in [6.07, 6.45) is 2.45. The Morgan fingerprint density at radius 2 is 2.06 bits per heavy atom. The fourth-order valence-electron chi connectivity index (χ4n) is 1.84. The highest BCUT2D eigenvalue weighted by molar-refractivity contribution is 6.33. The highest BCUT2D eigenvalue weighted by Gasteiger charge is 2.29. The summed E-state index contributed by atoms with van der Waals surface area (Å²) in [5.74, 6) is 0.814. The van der Waals surface area contributed by atoms with Crippen molar-refractivity contribution in [1.29, 1.82) is 0 Å². The van der Waals surface area contributed by atoms with Gasteiger partial charge in [-0.3, -0.25) is 0 Å². The summed E-state index contributed by atoms with van der Waals surface area (Å²) in [7, 11) is 3.40. The number of rotatable bonds is 4. The molecule has 1 N–H and O–H groups in total. The van der Waals surface area contributed by atoms with Crippen LogP contribution in [-0.2, 0) is 4.74 Å². The molecule has 3 nitrogen and oxygen atoms in total. The Kier molecular flexibility index (Phi) is 3.56. The van der Waals surface area contributed by atoms with Crippen LogP contribution < -0.4 is 10.1 Å². The number of benzene rings is 1. The molecule has 2 rings (SSSR count). The molecule has 1 aliphatic carbocycles. The van der Waals surface area contributed by atoms with Gasteiger partial charge in [0, 0.05) is 19.2 Å². The predicted molar refractivity (Wildman–Crippen MR) is 65.4 cm³/mol. The largest absolute Gasteiger partial charge is 0.497 e. The summed E-state index contributed by atoms with van der Waals surface area (Å²) in [6, 6.07) is 6.07. The van der Waals surface area contributed by atoms with E-state index in [0.717, 1.165) is 29.3 Å². The maximum Gasteiger partial charge on any atom is 0.121 e. The van der Waals surface area contributed by atoms with Crippen LogP contribution in [0.1, 0.15) is 12.8 Å². The third kappa shape index (κ3) is 2.42. The second-order valence-corrected chi connectivity index (χ2v) is 4.42. The van der Waals surface area contributed by atoms with Gasteiger partial charge in [0.1, 0.15) is 5.75 Å². The van der Waals surface area contributed by atoms with E-state index in [9.17, 15) is 0 Å². The monoisotopic (exact) mass is 241 g/mol. The molecule has 16 heavy (non-hydrogen) atoms. The number of ether oxygens (including phenoxy) is 2. The SMILES string of the molecule is COc1ccc(Cl)c(NC2CC(OC)C2)c1. The Hall–Kier alpha value is -0.930. The number of halogens is 1. The molecule has 1 aromatic rings. The highest BCUT2D eigenvalue weighted by atomic mass is 35.5. The highest BCUT2D eigenvalue weighted by Crippen LogP contribution is 2.31. The van der Waals surface area contributed by atoms with E-state index < -0.39 is 0 Å². The van der Waals surface area contributed by atoms with E-state index in [1.54, 1.807) is 14.2 Å². The van der Waals surface area contributed by atoms with E-state index >= 15 is 0 Å². The molecule has 88 valence electrons. The van der Waals surface area contributed by atoms with Gasteiger partial charge in [0.15, 0.2) is 0 Å². The summed E-state index contributed by atoms with van der Waals surface area (Å²) in [5.41, 5.74) is 0.931. The Morgan fingerprint density at radius 1 is 1.31 bits per heavy atom. The molecule has 1 aromatic carbocycles. The van der Waals surface area contributed by atoms with Crippen LogP contribution in [0.15, 0.2) is 18.2 Å². The standard InChI is InChI=1S/C12H16ClNO2/c1-15-9-3-4-11(13)12(7-9)14-8-5-10(6-8)16-2/h3-4,7-8,10,14H,5-6H2,1-2H3. The second-order valence-electron chi connectivity index (χ2n) is 4.02. The summed E-state index contributed by atoms with van der Waals surface area (Å²) >= 11 is 6.10. The second kappa shape index (κ2) is 4.93.